The van der Waals surface area contributed by atoms with E-state index in [-0.39, 0.29) is 21.2 Å². The van der Waals surface area contributed by atoms with Crippen molar-refractivity contribution in [1.82, 2.24) is 10.2 Å². The number of ether oxygens (including phenoxy) is 2. The number of hydrogen-bond donors (Lipinski definition) is 1. The van der Waals surface area contributed by atoms with Crippen molar-refractivity contribution in [2.75, 3.05) is 19.8 Å². The molecule has 0 saturated carbocycles. The van der Waals surface area contributed by atoms with Gasteiger partial charge in [-0.1, -0.05) is 29.3 Å². The van der Waals surface area contributed by atoms with Crippen LogP contribution in [0.5, 0.6) is 11.5 Å². The highest BCUT2D eigenvalue weighted by atomic mass is 35.5. The van der Waals surface area contributed by atoms with Gasteiger partial charge in [0.2, 0.25) is 5.91 Å². The van der Waals surface area contributed by atoms with Crippen molar-refractivity contribution in [1.29, 1.82) is 0 Å². The van der Waals surface area contributed by atoms with Crippen LogP contribution >= 0.6 is 23.2 Å². The highest BCUT2D eigenvalue weighted by molar-refractivity contribution is 6.43. The number of imide groups is 1. The number of nitrogens with one attached hydrogen (secondary N) is 1. The molecule has 1 heterocycles. The Morgan fingerprint density at radius 2 is 1.53 bits per heavy atom. The molecule has 3 rings (SSSR count). The molecule has 2 aromatic carbocycles. The zero-order valence-corrected chi connectivity index (χ0v) is 19.5. The van der Waals surface area contributed by atoms with E-state index in [9.17, 15) is 14.4 Å². The van der Waals surface area contributed by atoms with E-state index >= 15 is 0 Å². The molecule has 9 heteroatoms. The second kappa shape index (κ2) is 10.2. The van der Waals surface area contributed by atoms with Crippen molar-refractivity contribution >= 4 is 40.9 Å². The topological polar surface area (TPSA) is 84.9 Å². The molecule has 32 heavy (non-hydrogen) atoms. The molecule has 0 spiro atoms. The van der Waals surface area contributed by atoms with E-state index in [1.54, 1.807) is 0 Å². The van der Waals surface area contributed by atoms with Gasteiger partial charge in [-0.25, -0.2) is 0 Å². The van der Waals surface area contributed by atoms with Crippen LogP contribution in [0.2, 0.25) is 10.0 Å². The third-order valence-corrected chi connectivity index (χ3v) is 5.77. The quantitative estimate of drug-likeness (QED) is 0.547. The minimum atomic E-state index is -0.987. The molecule has 0 radical (unpaired) electrons. The summed E-state index contributed by atoms with van der Waals surface area (Å²) in [5.74, 6) is -0.262. The molecule has 1 N–H and O–H groups in total. The van der Waals surface area contributed by atoms with E-state index in [1.165, 1.54) is 19.1 Å². The van der Waals surface area contributed by atoms with Crippen molar-refractivity contribution in [2.24, 2.45) is 0 Å². The number of hydrogen-bond acceptors (Lipinski definition) is 5. The molecule has 1 aliphatic heterocycles. The van der Waals surface area contributed by atoms with Gasteiger partial charge in [0.15, 0.2) is 11.5 Å². The summed E-state index contributed by atoms with van der Waals surface area (Å²) in [6.07, 6.45) is 0.540. The second-order valence-electron chi connectivity index (χ2n) is 7.16. The predicted octanol–water partition coefficient (Wildman–Crippen LogP) is 4.13. The number of carbonyl (C=O) groups is 3. The van der Waals surface area contributed by atoms with Crippen molar-refractivity contribution in [3.8, 4) is 11.5 Å². The summed E-state index contributed by atoms with van der Waals surface area (Å²) in [4.78, 5) is 39.0. The van der Waals surface area contributed by atoms with E-state index in [1.807, 2.05) is 32.0 Å². The average Bonchev–Trinajstić information content (AvgIpc) is 2.99. The highest BCUT2D eigenvalue weighted by Gasteiger charge is 2.41. The van der Waals surface area contributed by atoms with Gasteiger partial charge in [-0.15, -0.1) is 0 Å². The van der Waals surface area contributed by atoms with Crippen LogP contribution in [0.4, 0.5) is 0 Å². The van der Waals surface area contributed by atoms with E-state index in [4.69, 9.17) is 32.7 Å². The van der Waals surface area contributed by atoms with E-state index in [0.717, 1.165) is 10.5 Å². The van der Waals surface area contributed by atoms with Gasteiger partial charge in [0.1, 0.15) is 6.04 Å². The van der Waals surface area contributed by atoms with Gasteiger partial charge in [0, 0.05) is 6.54 Å². The molecule has 3 amide bonds. The molecule has 1 atom stereocenters. The molecule has 170 valence electrons. The number of benzene rings is 2. The summed E-state index contributed by atoms with van der Waals surface area (Å²) < 4.78 is 11.2. The molecular weight excluding hydrogens is 455 g/mol. The maximum absolute atomic E-state index is 12.7. The Balaban J connectivity index is 1.63. The summed E-state index contributed by atoms with van der Waals surface area (Å²) in [6.45, 7) is 6.66. The first kappa shape index (κ1) is 23.9. The Labute approximate surface area is 196 Å². The van der Waals surface area contributed by atoms with Crippen molar-refractivity contribution < 1.29 is 23.9 Å². The van der Waals surface area contributed by atoms with Crippen molar-refractivity contribution in [3.63, 3.8) is 0 Å². The van der Waals surface area contributed by atoms with Crippen molar-refractivity contribution in [2.45, 2.75) is 33.2 Å². The summed E-state index contributed by atoms with van der Waals surface area (Å²) in [5.41, 5.74) is 1.23. The zero-order valence-electron chi connectivity index (χ0n) is 18.0. The third kappa shape index (κ3) is 4.84. The fraction of sp³-hybridized carbons (Fsp3) is 0.348. The molecule has 0 fully saturated rings. The van der Waals surface area contributed by atoms with Gasteiger partial charge >= 0.3 is 0 Å². The number of amides is 3. The zero-order chi connectivity index (χ0) is 23.4. The first-order chi connectivity index (χ1) is 15.3. The van der Waals surface area contributed by atoms with Gasteiger partial charge in [0.05, 0.1) is 34.4 Å². The number of halogens is 2. The van der Waals surface area contributed by atoms with Gasteiger partial charge < -0.3 is 14.8 Å². The Morgan fingerprint density at radius 3 is 2.09 bits per heavy atom. The van der Waals surface area contributed by atoms with Crippen LogP contribution in [0, 0.1) is 0 Å². The lowest BCUT2D eigenvalue weighted by Crippen LogP contribution is -2.48. The molecule has 0 aliphatic carbocycles. The Kier molecular flexibility index (Phi) is 7.64. The summed E-state index contributed by atoms with van der Waals surface area (Å²) in [6, 6.07) is 7.34. The Hall–Kier alpha value is -2.77. The number of carbonyl (C=O) groups excluding carboxylic acids is 3. The van der Waals surface area contributed by atoms with Crippen LogP contribution in [0.25, 0.3) is 0 Å². The number of rotatable bonds is 9. The molecule has 0 bridgehead atoms. The van der Waals surface area contributed by atoms with Crippen LogP contribution in [0.15, 0.2) is 30.3 Å². The predicted molar refractivity (Wildman–Crippen MR) is 122 cm³/mol. The minimum absolute atomic E-state index is 0.141. The second-order valence-corrected chi connectivity index (χ2v) is 7.97. The number of nitrogens with zero attached hydrogens (tertiary/aromatic N) is 1. The normalized spacial score (nSPS) is 13.7. The standard InChI is InChI=1S/C23H24Cl2N2O5/c1-4-31-19-7-6-14(10-20(19)32-5-2)8-9-26-21(28)13(3)27-22(29)15-11-17(24)18(25)12-16(15)23(27)30/h6-7,10-13H,4-5,8-9H2,1-3H3,(H,26,28). The summed E-state index contributed by atoms with van der Waals surface area (Å²) >= 11 is 11.9. The fourth-order valence-corrected chi connectivity index (χ4v) is 3.78. The average molecular weight is 479 g/mol. The van der Waals surface area contributed by atoms with E-state index in [2.05, 4.69) is 5.32 Å². The van der Waals surface area contributed by atoms with Crippen LogP contribution in [0.1, 0.15) is 47.1 Å². The SMILES string of the molecule is CCOc1ccc(CCNC(=O)C(C)N2C(=O)c3cc(Cl)c(Cl)cc3C2=O)cc1OCC. The van der Waals surface area contributed by atoms with Gasteiger partial charge in [0.25, 0.3) is 11.8 Å². The molecule has 0 aromatic heterocycles. The van der Waals surface area contributed by atoms with Gasteiger partial charge in [-0.05, 0) is 57.0 Å². The maximum atomic E-state index is 12.7. The summed E-state index contributed by atoms with van der Waals surface area (Å²) in [5, 5.41) is 3.13. The van der Waals surface area contributed by atoms with Gasteiger partial charge in [-0.3, -0.25) is 19.3 Å². The molecule has 1 aliphatic rings. The van der Waals surface area contributed by atoms with Crippen LogP contribution in [-0.2, 0) is 11.2 Å². The van der Waals surface area contributed by atoms with Crippen LogP contribution in [0.3, 0.4) is 0 Å². The lowest BCUT2D eigenvalue weighted by Gasteiger charge is -2.21. The monoisotopic (exact) mass is 478 g/mol. The molecule has 1 unspecified atom stereocenters. The molecule has 7 nitrogen and oxygen atoms in total. The summed E-state index contributed by atoms with van der Waals surface area (Å²) in [7, 11) is 0. The molecular formula is C23H24Cl2N2O5. The van der Waals surface area contributed by atoms with Crippen molar-refractivity contribution in [3.05, 3.63) is 57.1 Å². The molecule has 2 aromatic rings. The smallest absolute Gasteiger partial charge is 0.262 e. The maximum Gasteiger partial charge on any atom is 0.262 e. The first-order valence-corrected chi connectivity index (χ1v) is 11.1. The van der Waals surface area contributed by atoms with E-state index < -0.39 is 23.8 Å². The first-order valence-electron chi connectivity index (χ1n) is 10.3. The largest absolute Gasteiger partial charge is 0.490 e. The third-order valence-electron chi connectivity index (χ3n) is 5.05. The fourth-order valence-electron chi connectivity index (χ4n) is 3.45. The molecule has 0 saturated heterocycles. The Bertz CT molecular complexity index is 1020. The van der Waals surface area contributed by atoms with Crippen LogP contribution < -0.4 is 14.8 Å². The Morgan fingerprint density at radius 1 is 0.969 bits per heavy atom. The van der Waals surface area contributed by atoms with E-state index in [0.29, 0.717) is 37.7 Å². The highest BCUT2D eigenvalue weighted by Crippen LogP contribution is 2.32. The minimum Gasteiger partial charge on any atom is -0.490 e. The van der Waals surface area contributed by atoms with Crippen LogP contribution in [-0.4, -0.2) is 48.4 Å². The van der Waals surface area contributed by atoms with Gasteiger partial charge in [-0.2, -0.15) is 0 Å². The lowest BCUT2D eigenvalue weighted by atomic mass is 10.1. The number of fused-ring (bicyclic) bond motifs is 1. The lowest BCUT2D eigenvalue weighted by molar-refractivity contribution is -0.124.